The van der Waals surface area contributed by atoms with Crippen LogP contribution in [0.2, 0.25) is 0 Å². The number of nitrogens with zero attached hydrogens (tertiary/aromatic N) is 4. The van der Waals surface area contributed by atoms with Crippen molar-refractivity contribution in [3.63, 3.8) is 0 Å². The van der Waals surface area contributed by atoms with Gasteiger partial charge in [-0.1, -0.05) is 19.8 Å². The van der Waals surface area contributed by atoms with E-state index in [1.165, 1.54) is 0 Å². The molecule has 6 heteroatoms. The Labute approximate surface area is 172 Å². The van der Waals surface area contributed by atoms with Gasteiger partial charge in [0.15, 0.2) is 0 Å². The number of azo groups is 1. The molecular weight excluding hydrogens is 364 g/mol. The van der Waals surface area contributed by atoms with Crippen molar-refractivity contribution in [2.24, 2.45) is 10.2 Å². The third kappa shape index (κ3) is 5.98. The van der Waals surface area contributed by atoms with Crippen molar-refractivity contribution >= 4 is 29.3 Å². The van der Waals surface area contributed by atoms with Gasteiger partial charge >= 0.3 is 0 Å². The fraction of sp³-hybridized carbons (Fsp3) is 0.391. The highest BCUT2D eigenvalue weighted by atomic mass is 16.2. The molecule has 0 N–H and O–H groups in total. The maximum atomic E-state index is 12.3. The molecule has 1 aliphatic rings. The third-order valence-corrected chi connectivity index (χ3v) is 5.15. The number of carbonyl (C=O) groups is 2. The zero-order valence-electron chi connectivity index (χ0n) is 17.0. The van der Waals surface area contributed by atoms with Crippen LogP contribution in [0.3, 0.4) is 0 Å². The van der Waals surface area contributed by atoms with Gasteiger partial charge in [0.1, 0.15) is 6.29 Å². The van der Waals surface area contributed by atoms with E-state index in [4.69, 9.17) is 0 Å². The minimum Gasteiger partial charge on any atom is -0.368 e. The van der Waals surface area contributed by atoms with Gasteiger partial charge in [0.05, 0.1) is 11.4 Å². The van der Waals surface area contributed by atoms with Crippen molar-refractivity contribution in [1.29, 1.82) is 0 Å². The lowest BCUT2D eigenvalue weighted by molar-refractivity contribution is -0.131. The minimum absolute atomic E-state index is 0.287. The van der Waals surface area contributed by atoms with E-state index < -0.39 is 0 Å². The molecule has 0 spiro atoms. The lowest BCUT2D eigenvalue weighted by Crippen LogP contribution is -2.48. The zero-order valence-corrected chi connectivity index (χ0v) is 17.0. The third-order valence-electron chi connectivity index (χ3n) is 5.15. The second kappa shape index (κ2) is 10.5. The number of aldehydes is 1. The molecule has 3 rings (SSSR count). The van der Waals surface area contributed by atoms with E-state index >= 15 is 0 Å². The molecule has 0 saturated carbocycles. The number of rotatable bonds is 8. The van der Waals surface area contributed by atoms with Gasteiger partial charge in [-0.3, -0.25) is 9.59 Å². The highest BCUT2D eigenvalue weighted by Gasteiger charge is 2.20. The minimum atomic E-state index is 0.287. The second-order valence-corrected chi connectivity index (χ2v) is 7.25. The molecule has 0 aliphatic carbocycles. The number of hydrogen-bond acceptors (Lipinski definition) is 5. The Bertz CT molecular complexity index is 823. The smallest absolute Gasteiger partial charge is 0.222 e. The molecule has 0 atom stereocenters. The van der Waals surface area contributed by atoms with E-state index in [0.717, 1.165) is 63.1 Å². The Kier molecular flexibility index (Phi) is 7.50. The first-order chi connectivity index (χ1) is 14.2. The number of unbranched alkanes of at least 4 members (excludes halogenated alkanes) is 2. The Morgan fingerprint density at radius 2 is 1.48 bits per heavy atom. The molecule has 2 aromatic rings. The van der Waals surface area contributed by atoms with Crippen molar-refractivity contribution < 1.29 is 9.59 Å². The van der Waals surface area contributed by atoms with Gasteiger partial charge in [-0.05, 0) is 55.0 Å². The average molecular weight is 393 g/mol. The summed E-state index contributed by atoms with van der Waals surface area (Å²) in [4.78, 5) is 27.2. The molecule has 29 heavy (non-hydrogen) atoms. The van der Waals surface area contributed by atoms with Crippen LogP contribution >= 0.6 is 0 Å². The molecule has 1 fully saturated rings. The molecule has 0 radical (unpaired) electrons. The zero-order chi connectivity index (χ0) is 20.5. The lowest BCUT2D eigenvalue weighted by atomic mass is 10.1. The molecule has 2 aromatic carbocycles. The molecule has 6 nitrogen and oxygen atoms in total. The first kappa shape index (κ1) is 20.7. The van der Waals surface area contributed by atoms with Crippen molar-refractivity contribution in [3.8, 4) is 0 Å². The van der Waals surface area contributed by atoms with E-state index in [1.54, 1.807) is 24.3 Å². The Morgan fingerprint density at radius 1 is 0.897 bits per heavy atom. The highest BCUT2D eigenvalue weighted by Crippen LogP contribution is 2.23. The topological polar surface area (TPSA) is 65.3 Å². The molecule has 0 aromatic heterocycles. The first-order valence-corrected chi connectivity index (χ1v) is 10.3. The van der Waals surface area contributed by atoms with E-state index in [9.17, 15) is 9.59 Å². The summed E-state index contributed by atoms with van der Waals surface area (Å²) in [6.07, 6.45) is 4.74. The Hall–Kier alpha value is -3.02. The summed E-state index contributed by atoms with van der Waals surface area (Å²) in [5, 5.41) is 8.46. The fourth-order valence-electron chi connectivity index (χ4n) is 3.36. The fourth-order valence-corrected chi connectivity index (χ4v) is 3.36. The van der Waals surface area contributed by atoms with Crippen LogP contribution in [0.5, 0.6) is 0 Å². The van der Waals surface area contributed by atoms with Crippen molar-refractivity contribution in [2.75, 3.05) is 31.1 Å². The number of anilines is 1. The summed E-state index contributed by atoms with van der Waals surface area (Å²) < 4.78 is 0. The number of benzene rings is 2. The molecule has 1 heterocycles. The van der Waals surface area contributed by atoms with Crippen LogP contribution in [0.25, 0.3) is 0 Å². The number of carbonyl (C=O) groups excluding carboxylic acids is 2. The van der Waals surface area contributed by atoms with Crippen molar-refractivity contribution in [1.82, 2.24) is 4.90 Å². The summed E-state index contributed by atoms with van der Waals surface area (Å²) in [5.74, 6) is 0.287. The van der Waals surface area contributed by atoms with Gasteiger partial charge in [-0.2, -0.15) is 10.2 Å². The van der Waals surface area contributed by atoms with Crippen LogP contribution in [0.15, 0.2) is 58.8 Å². The molecule has 1 amide bonds. The maximum Gasteiger partial charge on any atom is 0.222 e. The number of amides is 1. The van der Waals surface area contributed by atoms with Gasteiger partial charge in [0, 0.05) is 43.9 Å². The van der Waals surface area contributed by atoms with Crippen LogP contribution in [-0.4, -0.2) is 43.3 Å². The van der Waals surface area contributed by atoms with Crippen LogP contribution < -0.4 is 4.90 Å². The van der Waals surface area contributed by atoms with Gasteiger partial charge in [-0.25, -0.2) is 0 Å². The maximum absolute atomic E-state index is 12.3. The lowest BCUT2D eigenvalue weighted by Gasteiger charge is -2.36. The number of hydrogen-bond donors (Lipinski definition) is 0. The van der Waals surface area contributed by atoms with Crippen LogP contribution in [-0.2, 0) is 4.79 Å². The molecule has 1 saturated heterocycles. The van der Waals surface area contributed by atoms with Gasteiger partial charge in [-0.15, -0.1) is 0 Å². The van der Waals surface area contributed by atoms with Gasteiger partial charge in [0.2, 0.25) is 5.91 Å². The van der Waals surface area contributed by atoms with Gasteiger partial charge in [0.25, 0.3) is 0 Å². The van der Waals surface area contributed by atoms with Crippen molar-refractivity contribution in [2.45, 2.75) is 32.6 Å². The Morgan fingerprint density at radius 3 is 2.03 bits per heavy atom. The Balaban J connectivity index is 1.51. The summed E-state index contributed by atoms with van der Waals surface area (Å²) in [6, 6.07) is 15.0. The SMILES string of the molecule is CCCCCC(=O)N1CCN(c2ccc(N=Nc3ccc(C=O)cc3)cc2)CC1. The molecule has 1 aliphatic heterocycles. The monoisotopic (exact) mass is 392 g/mol. The summed E-state index contributed by atoms with van der Waals surface area (Å²) in [6.45, 7) is 5.42. The molecule has 0 bridgehead atoms. The predicted octanol–water partition coefficient (Wildman–Crippen LogP) is 5.14. The van der Waals surface area contributed by atoms with Crippen LogP contribution in [0.4, 0.5) is 17.1 Å². The van der Waals surface area contributed by atoms with E-state index in [1.807, 2.05) is 29.2 Å². The van der Waals surface area contributed by atoms with E-state index in [-0.39, 0.29) is 5.91 Å². The van der Waals surface area contributed by atoms with E-state index in [2.05, 4.69) is 22.1 Å². The highest BCUT2D eigenvalue weighted by molar-refractivity contribution is 5.76. The van der Waals surface area contributed by atoms with E-state index in [0.29, 0.717) is 17.7 Å². The summed E-state index contributed by atoms with van der Waals surface area (Å²) >= 11 is 0. The number of piperazine rings is 1. The predicted molar refractivity (Wildman–Crippen MR) is 115 cm³/mol. The normalized spacial score (nSPS) is 14.4. The standard InChI is InChI=1S/C23H28N4O2/c1-2-3-4-5-23(29)27-16-14-26(15-17-27)22-12-10-21(11-13-22)25-24-20-8-6-19(18-28)7-9-20/h6-13,18H,2-5,14-17H2,1H3. The summed E-state index contributed by atoms with van der Waals surface area (Å²) in [5.41, 5.74) is 3.24. The van der Waals surface area contributed by atoms with Crippen LogP contribution in [0.1, 0.15) is 43.0 Å². The van der Waals surface area contributed by atoms with Crippen molar-refractivity contribution in [3.05, 3.63) is 54.1 Å². The summed E-state index contributed by atoms with van der Waals surface area (Å²) in [7, 11) is 0. The molecular formula is C23H28N4O2. The largest absolute Gasteiger partial charge is 0.368 e. The molecule has 152 valence electrons. The van der Waals surface area contributed by atoms with Crippen LogP contribution in [0, 0.1) is 0 Å². The van der Waals surface area contributed by atoms with Gasteiger partial charge < -0.3 is 9.80 Å². The first-order valence-electron chi connectivity index (χ1n) is 10.3. The second-order valence-electron chi connectivity index (χ2n) is 7.25. The quantitative estimate of drug-likeness (QED) is 0.355. The average Bonchev–Trinajstić information content (AvgIpc) is 2.78. The molecule has 0 unspecified atom stereocenters.